The largest absolute Gasteiger partial charge is 0.497 e. The van der Waals surface area contributed by atoms with Gasteiger partial charge in [-0.05, 0) is 43.5 Å². The Morgan fingerprint density at radius 3 is 2.62 bits per heavy atom. The van der Waals surface area contributed by atoms with Crippen LogP contribution in [0, 0.1) is 0 Å². The average Bonchev–Trinajstić information content (AvgIpc) is 2.50. The SMILES string of the molecule is CCOC1(C(=O)Cc2cc(OC)ccc2Br)CCCCC1. The highest BCUT2D eigenvalue weighted by molar-refractivity contribution is 9.10. The van der Waals surface area contributed by atoms with Crippen LogP contribution in [0.25, 0.3) is 0 Å². The third-order valence-electron chi connectivity index (χ3n) is 4.19. The lowest BCUT2D eigenvalue weighted by Gasteiger charge is -2.35. The molecule has 0 radical (unpaired) electrons. The molecule has 0 aromatic heterocycles. The number of ketones is 1. The number of hydrogen-bond acceptors (Lipinski definition) is 3. The lowest BCUT2D eigenvalue weighted by molar-refractivity contribution is -0.148. The van der Waals surface area contributed by atoms with Crippen molar-refractivity contribution in [3.05, 3.63) is 28.2 Å². The van der Waals surface area contributed by atoms with E-state index in [0.29, 0.717) is 13.0 Å². The predicted molar refractivity (Wildman–Crippen MR) is 86.8 cm³/mol. The maximum atomic E-state index is 12.8. The zero-order chi connectivity index (χ0) is 15.3. The second-order valence-electron chi connectivity index (χ2n) is 5.55. The second-order valence-corrected chi connectivity index (χ2v) is 6.40. The number of methoxy groups -OCH3 is 1. The van der Waals surface area contributed by atoms with Gasteiger partial charge in [-0.3, -0.25) is 4.79 Å². The highest BCUT2D eigenvalue weighted by Crippen LogP contribution is 2.34. The molecule has 0 unspecified atom stereocenters. The summed E-state index contributed by atoms with van der Waals surface area (Å²) in [6, 6.07) is 5.73. The van der Waals surface area contributed by atoms with Gasteiger partial charge in [0.2, 0.25) is 0 Å². The molecule has 3 nitrogen and oxygen atoms in total. The average molecular weight is 355 g/mol. The first-order valence-corrected chi connectivity index (χ1v) is 8.40. The molecule has 0 amide bonds. The van der Waals surface area contributed by atoms with E-state index in [1.165, 1.54) is 6.42 Å². The molecule has 1 aliphatic rings. The Labute approximate surface area is 135 Å². The minimum atomic E-state index is -0.574. The van der Waals surface area contributed by atoms with Gasteiger partial charge in [0, 0.05) is 17.5 Å². The Kier molecular flexibility index (Phi) is 5.82. The van der Waals surface area contributed by atoms with Gasteiger partial charge in [-0.2, -0.15) is 0 Å². The standard InChI is InChI=1S/C17H23BrO3/c1-3-21-17(9-5-4-6-10-17)16(19)12-13-11-14(20-2)7-8-15(13)18/h7-8,11H,3-6,9-10,12H2,1-2H3. The molecular formula is C17H23BrO3. The molecule has 0 N–H and O–H groups in total. The molecule has 4 heteroatoms. The van der Waals surface area contributed by atoms with Crippen LogP contribution in [0.3, 0.4) is 0 Å². The van der Waals surface area contributed by atoms with Gasteiger partial charge in [0.1, 0.15) is 11.4 Å². The number of Topliss-reactive ketones (excluding diaryl/α,β-unsaturated/α-hetero) is 1. The summed E-state index contributed by atoms with van der Waals surface area (Å²) >= 11 is 3.52. The number of ether oxygens (including phenoxy) is 2. The fourth-order valence-corrected chi connectivity index (χ4v) is 3.44. The molecular weight excluding hydrogens is 332 g/mol. The van der Waals surface area contributed by atoms with E-state index in [1.54, 1.807) is 7.11 Å². The van der Waals surface area contributed by atoms with Crippen LogP contribution in [-0.2, 0) is 16.0 Å². The van der Waals surface area contributed by atoms with Crippen molar-refractivity contribution in [2.45, 2.75) is 51.0 Å². The molecule has 0 aliphatic heterocycles. The van der Waals surface area contributed by atoms with E-state index < -0.39 is 5.60 Å². The predicted octanol–water partition coefficient (Wildman–Crippen LogP) is 4.31. The van der Waals surface area contributed by atoms with Gasteiger partial charge in [-0.1, -0.05) is 35.2 Å². The van der Waals surface area contributed by atoms with E-state index >= 15 is 0 Å². The Morgan fingerprint density at radius 2 is 2.00 bits per heavy atom. The van der Waals surface area contributed by atoms with Crippen molar-refractivity contribution in [3.8, 4) is 5.75 Å². The third kappa shape index (κ3) is 3.86. The normalized spacial score (nSPS) is 17.5. The van der Waals surface area contributed by atoms with E-state index in [0.717, 1.165) is 41.5 Å². The topological polar surface area (TPSA) is 35.5 Å². The van der Waals surface area contributed by atoms with E-state index in [4.69, 9.17) is 9.47 Å². The van der Waals surface area contributed by atoms with E-state index in [-0.39, 0.29) is 5.78 Å². The molecule has 2 rings (SSSR count). The molecule has 0 saturated heterocycles. The van der Waals surface area contributed by atoms with Crippen molar-refractivity contribution in [1.82, 2.24) is 0 Å². The van der Waals surface area contributed by atoms with E-state index in [2.05, 4.69) is 15.9 Å². The Balaban J connectivity index is 2.18. The maximum absolute atomic E-state index is 12.8. The second kappa shape index (κ2) is 7.41. The summed E-state index contributed by atoms with van der Waals surface area (Å²) in [4.78, 5) is 12.8. The highest BCUT2D eigenvalue weighted by atomic mass is 79.9. The van der Waals surface area contributed by atoms with Crippen LogP contribution in [0.4, 0.5) is 0 Å². The fraction of sp³-hybridized carbons (Fsp3) is 0.588. The van der Waals surface area contributed by atoms with Gasteiger partial charge in [-0.25, -0.2) is 0 Å². The summed E-state index contributed by atoms with van der Waals surface area (Å²) < 4.78 is 12.1. The Hall–Kier alpha value is -0.870. The quantitative estimate of drug-likeness (QED) is 0.763. The lowest BCUT2D eigenvalue weighted by atomic mass is 9.79. The molecule has 1 aromatic rings. The Bertz CT molecular complexity index is 487. The summed E-state index contributed by atoms with van der Waals surface area (Å²) in [6.45, 7) is 2.55. The van der Waals surface area contributed by atoms with Crippen LogP contribution in [-0.4, -0.2) is 25.1 Å². The molecule has 1 aromatic carbocycles. The van der Waals surface area contributed by atoms with Crippen LogP contribution in [0.1, 0.15) is 44.6 Å². The first kappa shape index (κ1) is 16.5. The molecule has 0 atom stereocenters. The summed E-state index contributed by atoms with van der Waals surface area (Å²) in [5.41, 5.74) is 0.388. The van der Waals surface area contributed by atoms with Crippen molar-refractivity contribution < 1.29 is 14.3 Å². The number of halogens is 1. The van der Waals surface area contributed by atoms with Crippen molar-refractivity contribution in [2.75, 3.05) is 13.7 Å². The third-order valence-corrected chi connectivity index (χ3v) is 4.97. The number of rotatable bonds is 6. The molecule has 1 aliphatic carbocycles. The molecule has 0 bridgehead atoms. The summed E-state index contributed by atoms with van der Waals surface area (Å²) in [6.07, 6.45) is 5.43. The van der Waals surface area contributed by atoms with E-state index in [9.17, 15) is 4.79 Å². The van der Waals surface area contributed by atoms with Gasteiger partial charge < -0.3 is 9.47 Å². The molecule has 116 valence electrons. The van der Waals surface area contributed by atoms with Crippen molar-refractivity contribution in [1.29, 1.82) is 0 Å². The van der Waals surface area contributed by atoms with Crippen molar-refractivity contribution in [3.63, 3.8) is 0 Å². The highest BCUT2D eigenvalue weighted by Gasteiger charge is 2.39. The van der Waals surface area contributed by atoms with Crippen LogP contribution in [0.5, 0.6) is 5.75 Å². The van der Waals surface area contributed by atoms with Gasteiger partial charge in [0.25, 0.3) is 0 Å². The molecule has 0 spiro atoms. The molecule has 0 heterocycles. The van der Waals surface area contributed by atoms with E-state index in [1.807, 2.05) is 25.1 Å². The Morgan fingerprint density at radius 1 is 1.29 bits per heavy atom. The van der Waals surface area contributed by atoms with Crippen LogP contribution in [0.15, 0.2) is 22.7 Å². The zero-order valence-electron chi connectivity index (χ0n) is 12.8. The lowest BCUT2D eigenvalue weighted by Crippen LogP contribution is -2.44. The summed E-state index contributed by atoms with van der Waals surface area (Å²) in [5, 5.41) is 0. The van der Waals surface area contributed by atoms with Crippen LogP contribution in [0.2, 0.25) is 0 Å². The summed E-state index contributed by atoms with van der Waals surface area (Å²) in [7, 11) is 1.64. The number of hydrogen-bond donors (Lipinski definition) is 0. The first-order chi connectivity index (χ1) is 10.1. The molecule has 1 saturated carbocycles. The number of carbonyl (C=O) groups is 1. The van der Waals surface area contributed by atoms with Crippen molar-refractivity contribution >= 4 is 21.7 Å². The minimum Gasteiger partial charge on any atom is -0.497 e. The molecule has 21 heavy (non-hydrogen) atoms. The zero-order valence-corrected chi connectivity index (χ0v) is 14.4. The van der Waals surface area contributed by atoms with Crippen LogP contribution < -0.4 is 4.74 Å². The monoisotopic (exact) mass is 354 g/mol. The van der Waals surface area contributed by atoms with Gasteiger partial charge >= 0.3 is 0 Å². The maximum Gasteiger partial charge on any atom is 0.169 e. The van der Waals surface area contributed by atoms with Crippen LogP contribution >= 0.6 is 15.9 Å². The number of benzene rings is 1. The summed E-state index contributed by atoms with van der Waals surface area (Å²) in [5.74, 6) is 0.966. The van der Waals surface area contributed by atoms with Gasteiger partial charge in [-0.15, -0.1) is 0 Å². The minimum absolute atomic E-state index is 0.193. The smallest absolute Gasteiger partial charge is 0.169 e. The number of carbonyl (C=O) groups excluding carboxylic acids is 1. The van der Waals surface area contributed by atoms with Crippen molar-refractivity contribution in [2.24, 2.45) is 0 Å². The van der Waals surface area contributed by atoms with Gasteiger partial charge in [0.15, 0.2) is 5.78 Å². The van der Waals surface area contributed by atoms with Gasteiger partial charge in [0.05, 0.1) is 7.11 Å². The first-order valence-electron chi connectivity index (χ1n) is 7.61. The fourth-order valence-electron chi connectivity index (χ4n) is 3.05. The molecule has 1 fully saturated rings.